The molecule has 0 atom stereocenters. The Morgan fingerprint density at radius 2 is 1.67 bits per heavy atom. The fourth-order valence-corrected chi connectivity index (χ4v) is 3.25. The molecular formula is C22H24BrClN2O4. The van der Waals surface area contributed by atoms with Crippen LogP contribution in [0.3, 0.4) is 0 Å². The minimum absolute atomic E-state index is 0.0474. The number of benzene rings is 2. The van der Waals surface area contributed by atoms with E-state index in [1.54, 1.807) is 12.1 Å². The SMILES string of the molecule is Cc1ccc(NC(=O)CCCC(=O)OCC(=O)Nc2cc(C)c(Br)cc2C)cc1Cl. The summed E-state index contributed by atoms with van der Waals surface area (Å²) in [6.07, 6.45) is 0.521. The molecule has 0 fully saturated rings. The highest BCUT2D eigenvalue weighted by atomic mass is 79.9. The van der Waals surface area contributed by atoms with Crippen LogP contribution in [0.25, 0.3) is 0 Å². The summed E-state index contributed by atoms with van der Waals surface area (Å²) < 4.78 is 5.95. The number of ether oxygens (including phenoxy) is 1. The molecule has 0 bridgehead atoms. The molecule has 0 aromatic heterocycles. The molecule has 0 saturated heterocycles. The summed E-state index contributed by atoms with van der Waals surface area (Å²) in [4.78, 5) is 35.8. The first-order valence-electron chi connectivity index (χ1n) is 9.44. The predicted octanol–water partition coefficient (Wildman–Crippen LogP) is 5.32. The zero-order chi connectivity index (χ0) is 22.3. The standard InChI is InChI=1S/C22H24BrClN2O4/c1-13-7-8-16(11-18(13)24)25-20(27)5-4-6-22(29)30-12-21(28)26-19-10-14(2)17(23)9-15(19)3/h7-11H,4-6,12H2,1-3H3,(H,25,27)(H,26,28). The van der Waals surface area contributed by atoms with Crippen LogP contribution >= 0.6 is 27.5 Å². The third-order valence-corrected chi connectivity index (χ3v) is 5.65. The summed E-state index contributed by atoms with van der Waals surface area (Å²) in [5.74, 6) is -1.16. The third-order valence-electron chi connectivity index (χ3n) is 4.38. The van der Waals surface area contributed by atoms with Gasteiger partial charge in [0, 0.05) is 33.7 Å². The van der Waals surface area contributed by atoms with Gasteiger partial charge in [-0.1, -0.05) is 33.6 Å². The van der Waals surface area contributed by atoms with E-state index in [1.165, 1.54) is 0 Å². The van der Waals surface area contributed by atoms with Crippen molar-refractivity contribution in [2.75, 3.05) is 17.2 Å². The minimum atomic E-state index is -0.528. The first kappa shape index (κ1) is 23.9. The molecule has 0 aliphatic carbocycles. The van der Waals surface area contributed by atoms with Crippen LogP contribution in [0.15, 0.2) is 34.8 Å². The Hall–Kier alpha value is -2.38. The number of hydrogen-bond acceptors (Lipinski definition) is 4. The highest BCUT2D eigenvalue weighted by Crippen LogP contribution is 2.24. The van der Waals surface area contributed by atoms with Crippen LogP contribution in [0.2, 0.25) is 5.02 Å². The van der Waals surface area contributed by atoms with E-state index in [2.05, 4.69) is 26.6 Å². The van der Waals surface area contributed by atoms with Gasteiger partial charge in [-0.25, -0.2) is 0 Å². The van der Waals surface area contributed by atoms with Gasteiger partial charge in [0.15, 0.2) is 6.61 Å². The zero-order valence-electron chi connectivity index (χ0n) is 17.1. The number of carbonyl (C=O) groups is 3. The summed E-state index contributed by atoms with van der Waals surface area (Å²) in [5, 5.41) is 6.04. The molecule has 6 nitrogen and oxygen atoms in total. The molecule has 0 aliphatic heterocycles. The molecule has 2 N–H and O–H groups in total. The van der Waals surface area contributed by atoms with Gasteiger partial charge in [-0.3, -0.25) is 14.4 Å². The number of rotatable bonds is 8. The topological polar surface area (TPSA) is 84.5 Å². The Bertz CT molecular complexity index is 962. The van der Waals surface area contributed by atoms with E-state index in [4.69, 9.17) is 16.3 Å². The first-order chi connectivity index (χ1) is 14.2. The Labute approximate surface area is 189 Å². The van der Waals surface area contributed by atoms with Crippen LogP contribution in [-0.2, 0) is 19.1 Å². The smallest absolute Gasteiger partial charge is 0.306 e. The maximum absolute atomic E-state index is 12.0. The van der Waals surface area contributed by atoms with E-state index < -0.39 is 11.9 Å². The number of esters is 1. The van der Waals surface area contributed by atoms with Crippen molar-refractivity contribution in [1.82, 2.24) is 0 Å². The molecule has 0 aliphatic rings. The number of amides is 2. The lowest BCUT2D eigenvalue weighted by Crippen LogP contribution is -2.21. The largest absolute Gasteiger partial charge is 0.456 e. The molecule has 0 spiro atoms. The Morgan fingerprint density at radius 1 is 0.933 bits per heavy atom. The molecule has 30 heavy (non-hydrogen) atoms. The second-order valence-electron chi connectivity index (χ2n) is 6.99. The molecule has 2 aromatic rings. The summed E-state index contributed by atoms with van der Waals surface area (Å²) >= 11 is 9.47. The van der Waals surface area contributed by atoms with Crippen molar-refractivity contribution < 1.29 is 19.1 Å². The fourth-order valence-electron chi connectivity index (χ4n) is 2.61. The highest BCUT2D eigenvalue weighted by Gasteiger charge is 2.11. The molecular weight excluding hydrogens is 472 g/mol. The van der Waals surface area contributed by atoms with Gasteiger partial charge in [-0.15, -0.1) is 0 Å². The third kappa shape index (κ3) is 7.46. The Morgan fingerprint density at radius 3 is 2.37 bits per heavy atom. The van der Waals surface area contributed by atoms with Gasteiger partial charge in [0.2, 0.25) is 5.91 Å². The minimum Gasteiger partial charge on any atom is -0.456 e. The average Bonchev–Trinajstić information content (AvgIpc) is 2.67. The molecule has 2 aromatic carbocycles. The van der Waals surface area contributed by atoms with Gasteiger partial charge in [-0.05, 0) is 68.1 Å². The second kappa shape index (κ2) is 11.1. The van der Waals surface area contributed by atoms with Crippen molar-refractivity contribution in [3.63, 3.8) is 0 Å². The second-order valence-corrected chi connectivity index (χ2v) is 8.25. The maximum atomic E-state index is 12.0. The van der Waals surface area contributed by atoms with Gasteiger partial charge in [-0.2, -0.15) is 0 Å². The number of halogens is 2. The van der Waals surface area contributed by atoms with Crippen LogP contribution in [0.5, 0.6) is 0 Å². The van der Waals surface area contributed by atoms with E-state index in [0.717, 1.165) is 21.2 Å². The maximum Gasteiger partial charge on any atom is 0.306 e. The number of aryl methyl sites for hydroxylation is 3. The summed E-state index contributed by atoms with van der Waals surface area (Å²) in [6.45, 7) is 5.30. The number of carbonyl (C=O) groups excluding carboxylic acids is 3. The van der Waals surface area contributed by atoms with Crippen LogP contribution in [0, 0.1) is 20.8 Å². The first-order valence-corrected chi connectivity index (χ1v) is 10.6. The van der Waals surface area contributed by atoms with Crippen molar-refractivity contribution in [3.05, 3.63) is 56.5 Å². The van der Waals surface area contributed by atoms with Crippen molar-refractivity contribution in [2.45, 2.75) is 40.0 Å². The lowest BCUT2D eigenvalue weighted by Gasteiger charge is -2.11. The Balaban J connectivity index is 1.69. The van der Waals surface area contributed by atoms with Gasteiger partial charge < -0.3 is 15.4 Å². The lowest BCUT2D eigenvalue weighted by atomic mass is 10.1. The predicted molar refractivity (Wildman–Crippen MR) is 122 cm³/mol. The van der Waals surface area contributed by atoms with Crippen molar-refractivity contribution in [1.29, 1.82) is 0 Å². The van der Waals surface area contributed by atoms with Gasteiger partial charge in [0.05, 0.1) is 0 Å². The molecule has 8 heteroatoms. The molecule has 160 valence electrons. The number of nitrogens with one attached hydrogen (secondary N) is 2. The molecule has 0 radical (unpaired) electrons. The van der Waals surface area contributed by atoms with E-state index in [9.17, 15) is 14.4 Å². The van der Waals surface area contributed by atoms with E-state index in [-0.39, 0.29) is 25.4 Å². The number of hydrogen-bond donors (Lipinski definition) is 2. The monoisotopic (exact) mass is 494 g/mol. The van der Waals surface area contributed by atoms with E-state index in [0.29, 0.717) is 22.8 Å². The quantitative estimate of drug-likeness (QED) is 0.486. The van der Waals surface area contributed by atoms with Crippen LogP contribution in [0.4, 0.5) is 11.4 Å². The lowest BCUT2D eigenvalue weighted by molar-refractivity contribution is -0.147. The summed E-state index contributed by atoms with van der Waals surface area (Å²) in [5.41, 5.74) is 4.08. The van der Waals surface area contributed by atoms with Crippen LogP contribution < -0.4 is 10.6 Å². The van der Waals surface area contributed by atoms with Crippen LogP contribution in [-0.4, -0.2) is 24.4 Å². The summed E-state index contributed by atoms with van der Waals surface area (Å²) in [6, 6.07) is 9.01. The van der Waals surface area contributed by atoms with Gasteiger partial charge >= 0.3 is 5.97 Å². The van der Waals surface area contributed by atoms with Crippen LogP contribution in [0.1, 0.15) is 36.0 Å². The average molecular weight is 496 g/mol. The van der Waals surface area contributed by atoms with Crippen molar-refractivity contribution >= 4 is 56.7 Å². The summed E-state index contributed by atoms with van der Waals surface area (Å²) in [7, 11) is 0. The van der Waals surface area contributed by atoms with Crippen molar-refractivity contribution in [3.8, 4) is 0 Å². The Kier molecular flexibility index (Phi) is 8.87. The molecule has 0 unspecified atom stereocenters. The normalized spacial score (nSPS) is 10.4. The fraction of sp³-hybridized carbons (Fsp3) is 0.318. The zero-order valence-corrected chi connectivity index (χ0v) is 19.4. The number of anilines is 2. The highest BCUT2D eigenvalue weighted by molar-refractivity contribution is 9.10. The van der Waals surface area contributed by atoms with E-state index >= 15 is 0 Å². The van der Waals surface area contributed by atoms with Gasteiger partial charge in [0.1, 0.15) is 0 Å². The molecule has 2 rings (SSSR count). The molecule has 0 saturated carbocycles. The van der Waals surface area contributed by atoms with Gasteiger partial charge in [0.25, 0.3) is 5.91 Å². The van der Waals surface area contributed by atoms with E-state index in [1.807, 2.05) is 39.0 Å². The van der Waals surface area contributed by atoms with Crippen molar-refractivity contribution in [2.24, 2.45) is 0 Å². The molecule has 2 amide bonds. The molecule has 0 heterocycles.